The average molecular weight is 224 g/mol. The van der Waals surface area contributed by atoms with Gasteiger partial charge < -0.3 is 9.90 Å². The molecule has 0 spiro atoms. The Kier molecular flexibility index (Phi) is 3.83. The second-order valence-electron chi connectivity index (χ2n) is 2.53. The third-order valence-electron chi connectivity index (χ3n) is 1.46. The van der Waals surface area contributed by atoms with Crippen molar-refractivity contribution in [1.29, 1.82) is 0 Å². The summed E-state index contributed by atoms with van der Waals surface area (Å²) in [6, 6.07) is 1.40. The predicted molar refractivity (Wildman–Crippen MR) is 53.8 cm³/mol. The van der Waals surface area contributed by atoms with E-state index >= 15 is 0 Å². The molecule has 0 aliphatic carbocycles. The largest absolute Gasteiger partial charge is 0.476 e. The molecule has 0 saturated heterocycles. The summed E-state index contributed by atoms with van der Waals surface area (Å²) >= 11 is 5.66. The van der Waals surface area contributed by atoms with Crippen molar-refractivity contribution in [1.82, 2.24) is 4.98 Å². The van der Waals surface area contributed by atoms with Crippen molar-refractivity contribution < 1.29 is 14.7 Å². The number of aldehydes is 1. The average Bonchev–Trinajstić information content (AvgIpc) is 2.17. The number of hydrogen-bond donors (Lipinski definition) is 1. The number of halogens is 1. The first-order valence-corrected chi connectivity index (χ1v) is 4.34. The number of carbonyl (C=O) groups excluding carboxylic acids is 1. The number of carboxylic acid groups (broad SMARTS) is 1. The molecule has 0 fully saturated rings. The van der Waals surface area contributed by atoms with Crippen molar-refractivity contribution in [3.05, 3.63) is 28.5 Å². The van der Waals surface area contributed by atoms with Gasteiger partial charge in [0.05, 0.1) is 11.4 Å². The topological polar surface area (TPSA) is 67.3 Å². The van der Waals surface area contributed by atoms with Crippen molar-refractivity contribution in [3.63, 3.8) is 0 Å². The van der Waals surface area contributed by atoms with Gasteiger partial charge in [-0.25, -0.2) is 9.78 Å². The van der Waals surface area contributed by atoms with E-state index in [0.29, 0.717) is 11.8 Å². The van der Waals surface area contributed by atoms with Gasteiger partial charge in [-0.2, -0.15) is 0 Å². The Morgan fingerprint density at radius 1 is 1.67 bits per heavy atom. The minimum atomic E-state index is -1.19. The van der Waals surface area contributed by atoms with Crippen LogP contribution in [-0.2, 0) is 4.79 Å². The third-order valence-corrected chi connectivity index (χ3v) is 1.75. The van der Waals surface area contributed by atoms with Crippen LogP contribution >= 0.6 is 11.6 Å². The normalized spacial score (nSPS) is 8.87. The van der Waals surface area contributed by atoms with Gasteiger partial charge in [-0.1, -0.05) is 23.4 Å². The van der Waals surface area contributed by atoms with E-state index in [1.165, 1.54) is 12.3 Å². The zero-order valence-corrected chi connectivity index (χ0v) is 8.28. The van der Waals surface area contributed by atoms with Gasteiger partial charge >= 0.3 is 5.97 Å². The third kappa shape index (κ3) is 3.08. The lowest BCUT2D eigenvalue weighted by Gasteiger charge is -1.97. The quantitative estimate of drug-likeness (QED) is 0.608. The number of nitrogens with zero attached hydrogens (tertiary/aromatic N) is 1. The summed E-state index contributed by atoms with van der Waals surface area (Å²) in [6.07, 6.45) is 2.10. The van der Waals surface area contributed by atoms with E-state index in [4.69, 9.17) is 16.7 Å². The first kappa shape index (κ1) is 11.2. The van der Waals surface area contributed by atoms with Gasteiger partial charge in [-0.3, -0.25) is 0 Å². The van der Waals surface area contributed by atoms with Crippen molar-refractivity contribution in [2.45, 2.75) is 6.42 Å². The molecule has 1 heterocycles. The molecular formula is C10H6ClNO3. The molecule has 0 saturated carbocycles. The number of aromatic carboxylic acids is 1. The fourth-order valence-electron chi connectivity index (χ4n) is 0.858. The number of carboxylic acids is 1. The highest BCUT2D eigenvalue weighted by Gasteiger charge is 2.09. The molecule has 1 aromatic heterocycles. The number of rotatable bonds is 2. The van der Waals surface area contributed by atoms with E-state index in [1.807, 2.05) is 0 Å². The maximum Gasteiger partial charge on any atom is 0.356 e. The molecule has 5 heteroatoms. The van der Waals surface area contributed by atoms with Crippen LogP contribution in [0.25, 0.3) is 0 Å². The molecule has 1 N–H and O–H groups in total. The Bertz CT molecular complexity index is 459. The van der Waals surface area contributed by atoms with Gasteiger partial charge in [0, 0.05) is 11.8 Å². The van der Waals surface area contributed by atoms with Crippen molar-refractivity contribution in [2.75, 3.05) is 0 Å². The molecular weight excluding hydrogens is 218 g/mol. The first-order valence-electron chi connectivity index (χ1n) is 3.96. The highest BCUT2D eigenvalue weighted by Crippen LogP contribution is 2.14. The summed E-state index contributed by atoms with van der Waals surface area (Å²) in [7, 11) is 0. The Balaban J connectivity index is 2.98. The van der Waals surface area contributed by atoms with Crippen LogP contribution in [-0.4, -0.2) is 22.3 Å². The lowest BCUT2D eigenvalue weighted by Crippen LogP contribution is -2.01. The van der Waals surface area contributed by atoms with Crippen LogP contribution in [0, 0.1) is 11.8 Å². The van der Waals surface area contributed by atoms with Crippen LogP contribution in [0.4, 0.5) is 0 Å². The maximum absolute atomic E-state index is 10.6. The lowest BCUT2D eigenvalue weighted by atomic mass is 10.2. The summed E-state index contributed by atoms with van der Waals surface area (Å²) in [4.78, 5) is 24.2. The zero-order valence-electron chi connectivity index (χ0n) is 7.53. The molecule has 0 aliphatic heterocycles. The van der Waals surface area contributed by atoms with Gasteiger partial charge in [-0.05, 0) is 6.07 Å². The van der Waals surface area contributed by atoms with Crippen molar-refractivity contribution in [2.24, 2.45) is 0 Å². The number of carbonyl (C=O) groups is 2. The van der Waals surface area contributed by atoms with Crippen LogP contribution in [0.5, 0.6) is 0 Å². The summed E-state index contributed by atoms with van der Waals surface area (Å²) in [6.45, 7) is 0. The van der Waals surface area contributed by atoms with Crippen molar-refractivity contribution in [3.8, 4) is 11.8 Å². The first-order chi connectivity index (χ1) is 7.15. The molecule has 1 rings (SSSR count). The summed E-state index contributed by atoms with van der Waals surface area (Å²) < 4.78 is 0. The van der Waals surface area contributed by atoms with E-state index < -0.39 is 5.97 Å². The SMILES string of the molecule is O=CCC#Cc1cnc(C(=O)O)c(Cl)c1. The van der Waals surface area contributed by atoms with Crippen LogP contribution < -0.4 is 0 Å². The molecule has 15 heavy (non-hydrogen) atoms. The second kappa shape index (κ2) is 5.13. The van der Waals surface area contributed by atoms with Gasteiger partial charge in [-0.15, -0.1) is 0 Å². The Morgan fingerprint density at radius 3 is 2.93 bits per heavy atom. The molecule has 0 amide bonds. The van der Waals surface area contributed by atoms with E-state index in [1.54, 1.807) is 0 Å². The van der Waals surface area contributed by atoms with E-state index in [-0.39, 0.29) is 17.1 Å². The molecule has 0 aliphatic rings. The second-order valence-corrected chi connectivity index (χ2v) is 2.94. The van der Waals surface area contributed by atoms with Gasteiger partial charge in [0.25, 0.3) is 0 Å². The molecule has 0 bridgehead atoms. The summed E-state index contributed by atoms with van der Waals surface area (Å²) in [5.74, 6) is 4.01. The van der Waals surface area contributed by atoms with Crippen LogP contribution in [0.2, 0.25) is 5.02 Å². The van der Waals surface area contributed by atoms with E-state index in [9.17, 15) is 9.59 Å². The Hall–Kier alpha value is -1.86. The van der Waals surface area contributed by atoms with E-state index in [0.717, 1.165) is 0 Å². The standard InChI is InChI=1S/C10H6ClNO3/c11-8-5-7(3-1-2-4-13)6-12-9(8)10(14)15/h4-6H,2H2,(H,14,15). The van der Waals surface area contributed by atoms with Gasteiger partial charge in [0.15, 0.2) is 5.69 Å². The Labute approximate surface area is 90.9 Å². The minimum Gasteiger partial charge on any atom is -0.476 e. The molecule has 0 aromatic carbocycles. The van der Waals surface area contributed by atoms with Crippen molar-refractivity contribution >= 4 is 23.9 Å². The smallest absolute Gasteiger partial charge is 0.356 e. The zero-order chi connectivity index (χ0) is 11.3. The molecule has 1 aromatic rings. The minimum absolute atomic E-state index is 0.0282. The molecule has 4 nitrogen and oxygen atoms in total. The van der Waals surface area contributed by atoms with Crippen LogP contribution in [0.3, 0.4) is 0 Å². The highest BCUT2D eigenvalue weighted by atomic mass is 35.5. The van der Waals surface area contributed by atoms with Crippen LogP contribution in [0.1, 0.15) is 22.5 Å². The van der Waals surface area contributed by atoms with Gasteiger partial charge in [0.1, 0.15) is 6.29 Å². The lowest BCUT2D eigenvalue weighted by molar-refractivity contribution is -0.107. The fourth-order valence-corrected chi connectivity index (χ4v) is 1.11. The maximum atomic E-state index is 10.6. The molecule has 0 atom stereocenters. The number of pyridine rings is 1. The fraction of sp³-hybridized carbons (Fsp3) is 0.100. The molecule has 76 valence electrons. The van der Waals surface area contributed by atoms with E-state index in [2.05, 4.69) is 16.8 Å². The molecule has 0 radical (unpaired) electrons. The summed E-state index contributed by atoms with van der Waals surface area (Å²) in [5.41, 5.74) is 0.268. The number of hydrogen-bond acceptors (Lipinski definition) is 3. The molecule has 0 unspecified atom stereocenters. The Morgan fingerprint density at radius 2 is 2.40 bits per heavy atom. The predicted octanol–water partition coefficient (Wildman–Crippen LogP) is 1.37. The van der Waals surface area contributed by atoms with Crippen LogP contribution in [0.15, 0.2) is 12.3 Å². The number of aromatic nitrogens is 1. The summed E-state index contributed by atoms with van der Waals surface area (Å²) in [5, 5.41) is 8.67. The highest BCUT2D eigenvalue weighted by molar-refractivity contribution is 6.33. The van der Waals surface area contributed by atoms with Gasteiger partial charge in [0.2, 0.25) is 0 Å². The monoisotopic (exact) mass is 223 g/mol.